The molecule has 106 valence electrons. The Labute approximate surface area is 107 Å². The zero-order valence-corrected chi connectivity index (χ0v) is 10.3. The second kappa shape index (κ2) is 5.20. The van der Waals surface area contributed by atoms with Gasteiger partial charge in [0.2, 0.25) is 5.91 Å². The highest BCUT2D eigenvalue weighted by atomic mass is 19.4. The number of halogens is 3. The summed E-state index contributed by atoms with van der Waals surface area (Å²) in [6, 6.07) is 0. The van der Waals surface area contributed by atoms with E-state index in [1.165, 1.54) is 13.2 Å². The van der Waals surface area contributed by atoms with Crippen molar-refractivity contribution in [1.82, 2.24) is 15.1 Å². The van der Waals surface area contributed by atoms with Crippen molar-refractivity contribution in [3.63, 3.8) is 0 Å². The molecule has 2 heterocycles. The molecule has 0 saturated carbocycles. The van der Waals surface area contributed by atoms with Gasteiger partial charge in [0, 0.05) is 32.0 Å². The summed E-state index contributed by atoms with van der Waals surface area (Å²) >= 11 is 0. The molecule has 1 saturated heterocycles. The molecular formula is C11H14F3N3O2. The third kappa shape index (κ3) is 3.25. The van der Waals surface area contributed by atoms with Gasteiger partial charge in [-0.1, -0.05) is 0 Å². The molecule has 0 spiro atoms. The SMILES string of the molecule is Cn1cc(CNC(=O)[C@H]2CCCO2)c(C(F)(F)F)n1. The lowest BCUT2D eigenvalue weighted by Crippen LogP contribution is -2.34. The zero-order valence-electron chi connectivity index (χ0n) is 10.3. The van der Waals surface area contributed by atoms with Gasteiger partial charge < -0.3 is 10.1 Å². The van der Waals surface area contributed by atoms with Crippen LogP contribution in [0.15, 0.2) is 6.20 Å². The Hall–Kier alpha value is -1.57. The largest absolute Gasteiger partial charge is 0.435 e. The van der Waals surface area contributed by atoms with E-state index >= 15 is 0 Å². The van der Waals surface area contributed by atoms with E-state index in [1.54, 1.807) is 0 Å². The number of hydrogen-bond acceptors (Lipinski definition) is 3. The van der Waals surface area contributed by atoms with Crippen molar-refractivity contribution in [3.8, 4) is 0 Å². The number of aryl methyl sites for hydroxylation is 1. The predicted molar refractivity (Wildman–Crippen MR) is 59.0 cm³/mol. The molecule has 1 fully saturated rings. The summed E-state index contributed by atoms with van der Waals surface area (Å²) < 4.78 is 44.3. The van der Waals surface area contributed by atoms with Gasteiger partial charge in [-0.25, -0.2) is 0 Å². The van der Waals surface area contributed by atoms with Gasteiger partial charge in [0.05, 0.1) is 0 Å². The third-order valence-electron chi connectivity index (χ3n) is 2.85. The number of nitrogens with zero attached hydrogens (tertiary/aromatic N) is 2. The van der Waals surface area contributed by atoms with Crippen molar-refractivity contribution >= 4 is 5.91 Å². The first-order valence-electron chi connectivity index (χ1n) is 5.87. The lowest BCUT2D eigenvalue weighted by molar-refractivity contribution is -0.142. The summed E-state index contributed by atoms with van der Waals surface area (Å²) in [4.78, 5) is 11.6. The molecule has 1 aliphatic rings. The van der Waals surface area contributed by atoms with Crippen LogP contribution in [0.25, 0.3) is 0 Å². The van der Waals surface area contributed by atoms with Crippen LogP contribution >= 0.6 is 0 Å². The van der Waals surface area contributed by atoms with Crippen LogP contribution in [0.3, 0.4) is 0 Å². The molecule has 2 rings (SSSR count). The number of carbonyl (C=O) groups excluding carboxylic acids is 1. The average Bonchev–Trinajstić information content (AvgIpc) is 2.93. The van der Waals surface area contributed by atoms with Crippen LogP contribution in [-0.2, 0) is 29.3 Å². The van der Waals surface area contributed by atoms with Crippen molar-refractivity contribution in [3.05, 3.63) is 17.5 Å². The third-order valence-corrected chi connectivity index (χ3v) is 2.85. The fourth-order valence-corrected chi connectivity index (χ4v) is 1.99. The highest BCUT2D eigenvalue weighted by Gasteiger charge is 2.37. The van der Waals surface area contributed by atoms with Crippen LogP contribution in [-0.4, -0.2) is 28.4 Å². The molecule has 0 bridgehead atoms. The van der Waals surface area contributed by atoms with E-state index in [1.807, 2.05) is 0 Å². The first-order chi connectivity index (χ1) is 8.88. The first kappa shape index (κ1) is 13.9. The Balaban J connectivity index is 2.01. The summed E-state index contributed by atoms with van der Waals surface area (Å²) in [5.41, 5.74) is -1.02. The minimum absolute atomic E-state index is 0.0543. The summed E-state index contributed by atoms with van der Waals surface area (Å²) in [5, 5.41) is 5.82. The van der Waals surface area contributed by atoms with Crippen molar-refractivity contribution in [1.29, 1.82) is 0 Å². The Morgan fingerprint density at radius 3 is 2.95 bits per heavy atom. The van der Waals surface area contributed by atoms with E-state index in [-0.39, 0.29) is 18.0 Å². The maximum atomic E-state index is 12.7. The number of rotatable bonds is 3. The van der Waals surface area contributed by atoms with Gasteiger partial charge in [-0.2, -0.15) is 18.3 Å². The topological polar surface area (TPSA) is 56.2 Å². The normalized spacial score (nSPS) is 19.7. The average molecular weight is 277 g/mol. The maximum Gasteiger partial charge on any atom is 0.435 e. The van der Waals surface area contributed by atoms with Gasteiger partial charge in [-0.05, 0) is 12.8 Å². The number of aromatic nitrogens is 2. The minimum atomic E-state index is -4.52. The van der Waals surface area contributed by atoms with Crippen molar-refractivity contribution in [2.45, 2.75) is 31.7 Å². The molecule has 1 atom stereocenters. The number of amides is 1. The van der Waals surface area contributed by atoms with Gasteiger partial charge >= 0.3 is 6.18 Å². The molecule has 0 unspecified atom stereocenters. The Morgan fingerprint density at radius 2 is 2.37 bits per heavy atom. The highest BCUT2D eigenvalue weighted by Crippen LogP contribution is 2.30. The summed E-state index contributed by atoms with van der Waals surface area (Å²) in [6.07, 6.45) is -2.43. The molecule has 1 aromatic heterocycles. The molecular weight excluding hydrogens is 263 g/mol. The standard InChI is InChI=1S/C11H14F3N3O2/c1-17-6-7(9(16-17)11(12,13)14)5-15-10(18)8-3-2-4-19-8/h6,8H,2-5H2,1H3,(H,15,18)/t8-/m1/s1. The number of alkyl halides is 3. The molecule has 1 N–H and O–H groups in total. The van der Waals surface area contributed by atoms with Crippen LogP contribution in [0, 0.1) is 0 Å². The lowest BCUT2D eigenvalue weighted by atomic mass is 10.2. The summed E-state index contributed by atoms with van der Waals surface area (Å²) in [7, 11) is 1.40. The van der Waals surface area contributed by atoms with Crippen LogP contribution in [0.4, 0.5) is 13.2 Å². The van der Waals surface area contributed by atoms with Crippen LogP contribution in [0.2, 0.25) is 0 Å². The van der Waals surface area contributed by atoms with Crippen LogP contribution in [0.1, 0.15) is 24.1 Å². The maximum absolute atomic E-state index is 12.7. The van der Waals surface area contributed by atoms with Crippen LogP contribution < -0.4 is 5.32 Å². The van der Waals surface area contributed by atoms with E-state index in [2.05, 4.69) is 10.4 Å². The van der Waals surface area contributed by atoms with Gasteiger partial charge in [0.25, 0.3) is 0 Å². The zero-order chi connectivity index (χ0) is 14.0. The minimum Gasteiger partial charge on any atom is -0.368 e. The molecule has 0 aromatic carbocycles. The monoisotopic (exact) mass is 277 g/mol. The fourth-order valence-electron chi connectivity index (χ4n) is 1.99. The van der Waals surface area contributed by atoms with E-state index < -0.39 is 18.0 Å². The summed E-state index contributed by atoms with van der Waals surface area (Å²) in [5.74, 6) is -0.380. The molecule has 19 heavy (non-hydrogen) atoms. The Kier molecular flexibility index (Phi) is 3.79. The second-order valence-corrected chi connectivity index (χ2v) is 4.39. The van der Waals surface area contributed by atoms with E-state index in [0.29, 0.717) is 13.0 Å². The fraction of sp³-hybridized carbons (Fsp3) is 0.636. The number of ether oxygens (including phenoxy) is 1. The van der Waals surface area contributed by atoms with E-state index in [4.69, 9.17) is 4.74 Å². The molecule has 0 radical (unpaired) electrons. The molecule has 1 amide bonds. The van der Waals surface area contributed by atoms with Crippen LogP contribution in [0.5, 0.6) is 0 Å². The number of hydrogen-bond donors (Lipinski definition) is 1. The Bertz CT molecular complexity index is 464. The van der Waals surface area contributed by atoms with Crippen molar-refractivity contribution < 1.29 is 22.7 Å². The van der Waals surface area contributed by atoms with Crippen molar-refractivity contribution in [2.75, 3.05) is 6.61 Å². The quantitative estimate of drug-likeness (QED) is 0.904. The predicted octanol–water partition coefficient (Wildman–Crippen LogP) is 1.23. The molecule has 1 aromatic rings. The molecule has 8 heteroatoms. The van der Waals surface area contributed by atoms with Crippen molar-refractivity contribution in [2.24, 2.45) is 7.05 Å². The first-order valence-corrected chi connectivity index (χ1v) is 5.87. The van der Waals surface area contributed by atoms with E-state index in [0.717, 1.165) is 11.1 Å². The lowest BCUT2D eigenvalue weighted by Gasteiger charge is -2.11. The van der Waals surface area contributed by atoms with Gasteiger partial charge in [-0.15, -0.1) is 0 Å². The van der Waals surface area contributed by atoms with Gasteiger partial charge in [-0.3, -0.25) is 9.48 Å². The van der Waals surface area contributed by atoms with E-state index in [9.17, 15) is 18.0 Å². The molecule has 1 aliphatic heterocycles. The summed E-state index contributed by atoms with van der Waals surface area (Å²) in [6.45, 7) is 0.306. The number of carbonyl (C=O) groups is 1. The van der Waals surface area contributed by atoms with Gasteiger partial charge in [0.1, 0.15) is 6.10 Å². The highest BCUT2D eigenvalue weighted by molar-refractivity contribution is 5.80. The Morgan fingerprint density at radius 1 is 1.63 bits per heavy atom. The van der Waals surface area contributed by atoms with Gasteiger partial charge in [0.15, 0.2) is 5.69 Å². The smallest absolute Gasteiger partial charge is 0.368 e. The molecule has 5 nitrogen and oxygen atoms in total. The second-order valence-electron chi connectivity index (χ2n) is 4.39. The number of nitrogens with one attached hydrogen (secondary N) is 1. The molecule has 0 aliphatic carbocycles.